The van der Waals surface area contributed by atoms with Crippen molar-refractivity contribution < 1.29 is 9.66 Å². The van der Waals surface area contributed by atoms with E-state index in [1.54, 1.807) is 19.1 Å². The van der Waals surface area contributed by atoms with E-state index in [4.69, 9.17) is 15.9 Å². The van der Waals surface area contributed by atoms with Crippen molar-refractivity contribution in [1.29, 1.82) is 5.41 Å². The summed E-state index contributed by atoms with van der Waals surface area (Å²) in [5, 5.41) is 18.6. The average molecular weight is 351 g/mol. The maximum absolute atomic E-state index is 11.1. The maximum Gasteiger partial charge on any atom is 0.312 e. The zero-order valence-electron chi connectivity index (χ0n) is 11.0. The molecule has 21 heavy (non-hydrogen) atoms. The molecular formula is C13H11BrN4O3. The van der Waals surface area contributed by atoms with E-state index < -0.39 is 4.92 Å². The summed E-state index contributed by atoms with van der Waals surface area (Å²) >= 11 is 3.17. The molecule has 0 amide bonds. The maximum atomic E-state index is 11.1. The van der Waals surface area contributed by atoms with Crippen LogP contribution in [0.2, 0.25) is 0 Å². The van der Waals surface area contributed by atoms with Crippen LogP contribution in [-0.2, 0) is 0 Å². The van der Waals surface area contributed by atoms with Gasteiger partial charge >= 0.3 is 5.69 Å². The molecule has 8 heteroatoms. The van der Waals surface area contributed by atoms with Gasteiger partial charge in [0.1, 0.15) is 5.84 Å². The topological polar surface area (TPSA) is 115 Å². The lowest BCUT2D eigenvalue weighted by Gasteiger charge is -2.11. The number of nitro groups is 1. The standard InChI is InChI=1S/C13H11BrN4O3/c1-7-4-5-17-13(11(7)12(15)16)21-10-3-2-8(14)6-9(10)18(19)20/h2-6H,1H3,(H3,15,16). The number of benzene rings is 1. The van der Waals surface area contributed by atoms with Gasteiger partial charge in [0.2, 0.25) is 11.6 Å². The molecule has 0 unspecified atom stereocenters. The first-order valence-corrected chi connectivity index (χ1v) is 6.61. The number of rotatable bonds is 4. The second-order valence-electron chi connectivity index (χ2n) is 4.19. The zero-order valence-corrected chi connectivity index (χ0v) is 12.5. The van der Waals surface area contributed by atoms with Crippen LogP contribution < -0.4 is 10.5 Å². The van der Waals surface area contributed by atoms with E-state index in [1.807, 2.05) is 0 Å². The summed E-state index contributed by atoms with van der Waals surface area (Å²) in [5.74, 6) is -0.118. The zero-order chi connectivity index (χ0) is 15.6. The average Bonchev–Trinajstić information content (AvgIpc) is 2.40. The van der Waals surface area contributed by atoms with E-state index in [0.717, 1.165) is 0 Å². The van der Waals surface area contributed by atoms with Gasteiger partial charge < -0.3 is 10.5 Å². The third-order valence-corrected chi connectivity index (χ3v) is 3.21. The predicted octanol–water partition coefficient (Wildman–Crippen LogP) is 3.14. The Bertz CT molecular complexity index is 733. The van der Waals surface area contributed by atoms with E-state index in [9.17, 15) is 10.1 Å². The molecule has 0 fully saturated rings. The molecule has 2 aromatic rings. The second-order valence-corrected chi connectivity index (χ2v) is 5.11. The van der Waals surface area contributed by atoms with Crippen molar-refractivity contribution >= 4 is 27.5 Å². The molecule has 0 saturated heterocycles. The number of nitrogens with two attached hydrogens (primary N) is 1. The second kappa shape index (κ2) is 5.88. The first-order valence-electron chi connectivity index (χ1n) is 5.82. The Morgan fingerprint density at radius 3 is 2.81 bits per heavy atom. The minimum Gasteiger partial charge on any atom is -0.431 e. The van der Waals surface area contributed by atoms with E-state index in [0.29, 0.717) is 15.6 Å². The molecule has 1 aromatic carbocycles. The number of amidine groups is 1. The minimum atomic E-state index is -0.552. The summed E-state index contributed by atoms with van der Waals surface area (Å²) in [5.41, 5.74) is 6.32. The highest BCUT2D eigenvalue weighted by atomic mass is 79.9. The van der Waals surface area contributed by atoms with Gasteiger partial charge in [0.25, 0.3) is 0 Å². The monoisotopic (exact) mass is 350 g/mol. The minimum absolute atomic E-state index is 0.0313. The van der Waals surface area contributed by atoms with Crippen LogP contribution >= 0.6 is 15.9 Å². The van der Waals surface area contributed by atoms with Gasteiger partial charge in [0.15, 0.2) is 0 Å². The van der Waals surface area contributed by atoms with Crippen LogP contribution in [0.3, 0.4) is 0 Å². The Morgan fingerprint density at radius 2 is 2.19 bits per heavy atom. The number of aryl methyl sites for hydroxylation is 1. The van der Waals surface area contributed by atoms with E-state index >= 15 is 0 Å². The summed E-state index contributed by atoms with van der Waals surface area (Å²) in [6.07, 6.45) is 1.49. The number of halogens is 1. The fourth-order valence-electron chi connectivity index (χ4n) is 1.76. The predicted molar refractivity (Wildman–Crippen MR) is 80.9 cm³/mol. The summed E-state index contributed by atoms with van der Waals surface area (Å²) < 4.78 is 6.07. The van der Waals surface area contributed by atoms with Crippen LogP contribution in [0.25, 0.3) is 0 Å². The van der Waals surface area contributed by atoms with E-state index in [1.165, 1.54) is 18.3 Å². The Labute approximate surface area is 128 Å². The van der Waals surface area contributed by atoms with Crippen LogP contribution in [0.15, 0.2) is 34.9 Å². The lowest BCUT2D eigenvalue weighted by Crippen LogP contribution is -2.15. The molecule has 0 bridgehead atoms. The quantitative estimate of drug-likeness (QED) is 0.380. The molecule has 0 saturated carbocycles. The fourth-order valence-corrected chi connectivity index (χ4v) is 2.11. The Balaban J connectivity index is 2.51. The van der Waals surface area contributed by atoms with Crippen molar-refractivity contribution in [3.8, 4) is 11.6 Å². The van der Waals surface area contributed by atoms with Crippen LogP contribution in [0.1, 0.15) is 11.1 Å². The van der Waals surface area contributed by atoms with Crippen molar-refractivity contribution in [2.45, 2.75) is 6.92 Å². The number of nitrogen functional groups attached to an aromatic ring is 1. The highest BCUT2D eigenvalue weighted by Crippen LogP contribution is 2.34. The number of nitro benzene ring substituents is 1. The van der Waals surface area contributed by atoms with Crippen molar-refractivity contribution in [2.24, 2.45) is 5.73 Å². The van der Waals surface area contributed by atoms with Crippen LogP contribution in [0.4, 0.5) is 5.69 Å². The fraction of sp³-hybridized carbons (Fsp3) is 0.0769. The van der Waals surface area contributed by atoms with Gasteiger partial charge in [-0.2, -0.15) is 0 Å². The molecule has 0 atom stereocenters. The first-order chi connectivity index (χ1) is 9.90. The highest BCUT2D eigenvalue weighted by molar-refractivity contribution is 9.10. The Hall–Kier alpha value is -2.48. The number of pyridine rings is 1. The molecule has 0 spiro atoms. The van der Waals surface area contributed by atoms with E-state index in [2.05, 4.69) is 20.9 Å². The lowest BCUT2D eigenvalue weighted by molar-refractivity contribution is -0.385. The number of ether oxygens (including phenoxy) is 1. The smallest absolute Gasteiger partial charge is 0.312 e. The van der Waals surface area contributed by atoms with Gasteiger partial charge in [-0.05, 0) is 30.7 Å². The van der Waals surface area contributed by atoms with Gasteiger partial charge in [0.05, 0.1) is 10.5 Å². The molecule has 1 aromatic heterocycles. The van der Waals surface area contributed by atoms with Gasteiger partial charge in [-0.25, -0.2) is 4.98 Å². The lowest BCUT2D eigenvalue weighted by atomic mass is 10.1. The molecule has 108 valence electrons. The molecule has 3 N–H and O–H groups in total. The number of hydrogen-bond acceptors (Lipinski definition) is 5. The third kappa shape index (κ3) is 3.16. The molecule has 7 nitrogen and oxygen atoms in total. The SMILES string of the molecule is Cc1ccnc(Oc2ccc(Br)cc2[N+](=O)[O-])c1C(=N)N. The summed E-state index contributed by atoms with van der Waals surface area (Å²) in [7, 11) is 0. The Kier molecular flexibility index (Phi) is 4.18. The largest absolute Gasteiger partial charge is 0.431 e. The van der Waals surface area contributed by atoms with Crippen molar-refractivity contribution in [1.82, 2.24) is 4.98 Å². The number of aromatic nitrogens is 1. The number of nitrogens with zero attached hydrogens (tertiary/aromatic N) is 2. The van der Waals surface area contributed by atoms with Crippen molar-refractivity contribution in [3.63, 3.8) is 0 Å². The summed E-state index contributed by atoms with van der Waals surface area (Å²) in [6, 6.07) is 6.08. The van der Waals surface area contributed by atoms with Gasteiger partial charge in [-0.15, -0.1) is 0 Å². The third-order valence-electron chi connectivity index (χ3n) is 2.72. The molecule has 0 aliphatic rings. The summed E-state index contributed by atoms with van der Waals surface area (Å²) in [6.45, 7) is 1.75. The molecular weight excluding hydrogens is 340 g/mol. The first kappa shape index (κ1) is 14.9. The Morgan fingerprint density at radius 1 is 1.48 bits per heavy atom. The van der Waals surface area contributed by atoms with Crippen LogP contribution in [-0.4, -0.2) is 15.7 Å². The van der Waals surface area contributed by atoms with Gasteiger partial charge in [-0.1, -0.05) is 15.9 Å². The van der Waals surface area contributed by atoms with Crippen LogP contribution in [0.5, 0.6) is 11.6 Å². The van der Waals surface area contributed by atoms with Gasteiger partial charge in [-0.3, -0.25) is 15.5 Å². The molecule has 2 rings (SSSR count). The van der Waals surface area contributed by atoms with Crippen molar-refractivity contribution in [2.75, 3.05) is 0 Å². The van der Waals surface area contributed by atoms with Crippen LogP contribution in [0, 0.1) is 22.4 Å². The van der Waals surface area contributed by atoms with Gasteiger partial charge in [0, 0.05) is 16.7 Å². The molecule has 0 radical (unpaired) electrons. The summed E-state index contributed by atoms with van der Waals surface area (Å²) in [4.78, 5) is 14.5. The molecule has 0 aliphatic heterocycles. The normalized spacial score (nSPS) is 10.2. The molecule has 1 heterocycles. The highest BCUT2D eigenvalue weighted by Gasteiger charge is 2.19. The number of hydrogen-bond donors (Lipinski definition) is 2. The van der Waals surface area contributed by atoms with E-state index in [-0.39, 0.29) is 23.2 Å². The number of nitrogens with one attached hydrogen (secondary N) is 1. The van der Waals surface area contributed by atoms with Crippen molar-refractivity contribution in [3.05, 3.63) is 56.2 Å². The molecule has 0 aliphatic carbocycles.